The predicted octanol–water partition coefficient (Wildman–Crippen LogP) is 1.52. The number of hydrogen-bond donors (Lipinski definition) is 1. The number of rotatable bonds is 4. The number of esters is 1. The summed E-state index contributed by atoms with van der Waals surface area (Å²) in [6.45, 7) is 0.495. The second-order valence-electron chi connectivity index (χ2n) is 5.00. The Morgan fingerprint density at radius 3 is 2.61 bits per heavy atom. The van der Waals surface area contributed by atoms with Gasteiger partial charge in [-0.1, -0.05) is 12.1 Å². The summed E-state index contributed by atoms with van der Waals surface area (Å²) in [7, 11) is 2.90. The van der Waals surface area contributed by atoms with Crippen molar-refractivity contribution in [3.05, 3.63) is 58.1 Å². The molecule has 118 valence electrons. The summed E-state index contributed by atoms with van der Waals surface area (Å²) in [6.07, 6.45) is 3.29. The quantitative estimate of drug-likeness (QED) is 0.738. The van der Waals surface area contributed by atoms with E-state index in [4.69, 9.17) is 9.47 Å². The molecule has 0 aliphatic carbocycles. The van der Waals surface area contributed by atoms with Gasteiger partial charge in [0.05, 0.1) is 19.8 Å². The summed E-state index contributed by atoms with van der Waals surface area (Å²) in [6, 6.07) is 7.54. The number of hydrogen-bond acceptors (Lipinski definition) is 5. The third-order valence-corrected chi connectivity index (χ3v) is 3.54. The zero-order chi connectivity index (χ0) is 16.4. The first-order valence-electron chi connectivity index (χ1n) is 6.92. The molecule has 2 aliphatic rings. The molecular weight excluding hydrogens is 298 g/mol. The Morgan fingerprint density at radius 2 is 1.96 bits per heavy atom. The molecular formula is C16H15N3O4. The number of benzene rings is 1. The summed E-state index contributed by atoms with van der Waals surface area (Å²) in [5.74, 6) is 0.228. The third kappa shape index (κ3) is 2.80. The molecule has 7 nitrogen and oxygen atoms in total. The third-order valence-electron chi connectivity index (χ3n) is 3.54. The second-order valence-corrected chi connectivity index (χ2v) is 5.00. The molecule has 1 N–H and O–H groups in total. The minimum absolute atomic E-state index is 0.247. The number of aromatic amines is 1. The van der Waals surface area contributed by atoms with Gasteiger partial charge in [0.25, 0.3) is 5.56 Å². The Labute approximate surface area is 131 Å². The van der Waals surface area contributed by atoms with Crippen LogP contribution >= 0.6 is 0 Å². The Balaban J connectivity index is 2.02. The summed E-state index contributed by atoms with van der Waals surface area (Å²) >= 11 is 0. The maximum atomic E-state index is 11.9. The molecule has 0 fully saturated rings. The normalized spacial score (nSPS) is 10.7. The van der Waals surface area contributed by atoms with Gasteiger partial charge >= 0.3 is 5.97 Å². The first-order valence-corrected chi connectivity index (χ1v) is 6.92. The Hall–Kier alpha value is -3.09. The van der Waals surface area contributed by atoms with Crippen LogP contribution in [0.5, 0.6) is 5.75 Å². The molecule has 23 heavy (non-hydrogen) atoms. The highest BCUT2D eigenvalue weighted by atomic mass is 16.5. The number of aromatic nitrogens is 3. The van der Waals surface area contributed by atoms with Crippen molar-refractivity contribution in [1.82, 2.24) is 14.8 Å². The van der Waals surface area contributed by atoms with Crippen molar-refractivity contribution < 1.29 is 14.3 Å². The molecule has 0 unspecified atom stereocenters. The number of ether oxygens (including phenoxy) is 2. The van der Waals surface area contributed by atoms with Gasteiger partial charge in [-0.15, -0.1) is 0 Å². The molecule has 0 saturated carbocycles. The van der Waals surface area contributed by atoms with Gasteiger partial charge in [-0.25, -0.2) is 9.89 Å². The van der Waals surface area contributed by atoms with Gasteiger partial charge in [0.1, 0.15) is 17.0 Å². The van der Waals surface area contributed by atoms with E-state index in [0.717, 1.165) is 11.3 Å². The number of H-pyrrole nitrogens is 1. The molecule has 0 aromatic heterocycles. The van der Waals surface area contributed by atoms with E-state index in [2.05, 4.69) is 10.2 Å². The lowest BCUT2D eigenvalue weighted by molar-refractivity contribution is 0.0600. The molecule has 0 bridgehead atoms. The molecule has 1 aromatic carbocycles. The van der Waals surface area contributed by atoms with E-state index in [0.29, 0.717) is 17.8 Å². The number of methoxy groups -OCH3 is 2. The van der Waals surface area contributed by atoms with Crippen molar-refractivity contribution >= 4 is 5.97 Å². The molecule has 3 rings (SSSR count). The summed E-state index contributed by atoms with van der Waals surface area (Å²) < 4.78 is 11.6. The van der Waals surface area contributed by atoms with Gasteiger partial charge in [0, 0.05) is 18.9 Å². The minimum atomic E-state index is -0.536. The van der Waals surface area contributed by atoms with E-state index >= 15 is 0 Å². The monoisotopic (exact) mass is 313 g/mol. The van der Waals surface area contributed by atoms with Gasteiger partial charge < -0.3 is 14.0 Å². The number of fused-ring (bicyclic) bond motifs is 1. The van der Waals surface area contributed by atoms with Crippen LogP contribution in [0.1, 0.15) is 15.9 Å². The van der Waals surface area contributed by atoms with Crippen molar-refractivity contribution in [3.63, 3.8) is 0 Å². The zero-order valence-electron chi connectivity index (χ0n) is 12.7. The predicted molar refractivity (Wildman–Crippen MR) is 82.9 cm³/mol. The SMILES string of the molecule is COC(=O)c1cn(Cc2ccc(OC)cc2)cc2c(=O)[nH]nc1-2. The molecule has 0 saturated heterocycles. The van der Waals surface area contributed by atoms with Crippen LogP contribution in [0.25, 0.3) is 11.3 Å². The molecule has 0 radical (unpaired) electrons. The molecule has 2 aliphatic heterocycles. The molecule has 0 spiro atoms. The maximum absolute atomic E-state index is 11.9. The maximum Gasteiger partial charge on any atom is 0.341 e. The largest absolute Gasteiger partial charge is 0.497 e. The van der Waals surface area contributed by atoms with Crippen molar-refractivity contribution in [1.29, 1.82) is 0 Å². The number of nitrogens with zero attached hydrogens (tertiary/aromatic N) is 2. The van der Waals surface area contributed by atoms with Crippen molar-refractivity contribution in [3.8, 4) is 17.0 Å². The molecule has 0 atom stereocenters. The zero-order valence-corrected chi connectivity index (χ0v) is 12.7. The highest BCUT2D eigenvalue weighted by Crippen LogP contribution is 2.21. The van der Waals surface area contributed by atoms with Crippen LogP contribution in [0.4, 0.5) is 0 Å². The van der Waals surface area contributed by atoms with Crippen LogP contribution in [0.15, 0.2) is 41.5 Å². The minimum Gasteiger partial charge on any atom is -0.497 e. The molecule has 0 amide bonds. The van der Waals surface area contributed by atoms with E-state index in [1.807, 2.05) is 24.3 Å². The van der Waals surface area contributed by atoms with Crippen LogP contribution in [0.2, 0.25) is 0 Å². The average molecular weight is 313 g/mol. The first kappa shape index (κ1) is 14.8. The summed E-state index contributed by atoms with van der Waals surface area (Å²) in [5, 5.41) is 6.25. The molecule has 1 aromatic rings. The van der Waals surface area contributed by atoms with Gasteiger partial charge in [-0.05, 0) is 17.7 Å². The number of nitrogens with one attached hydrogen (secondary N) is 1. The molecule has 7 heteroatoms. The van der Waals surface area contributed by atoms with Crippen molar-refractivity contribution in [2.75, 3.05) is 14.2 Å². The van der Waals surface area contributed by atoms with E-state index in [1.54, 1.807) is 24.1 Å². The standard InChI is InChI=1S/C16H15N3O4/c1-22-11-5-3-10(4-6-11)7-19-8-12-14(17-18-15(12)20)13(9-19)16(21)23-2/h3-6,8-9H,7H2,1-2H3,(H,18,20). The van der Waals surface area contributed by atoms with Crippen LogP contribution in [0.3, 0.4) is 0 Å². The van der Waals surface area contributed by atoms with Crippen molar-refractivity contribution in [2.45, 2.75) is 6.54 Å². The van der Waals surface area contributed by atoms with E-state index in [9.17, 15) is 9.59 Å². The number of carbonyl (C=O) groups excluding carboxylic acids is 1. The van der Waals surface area contributed by atoms with Crippen LogP contribution in [0, 0.1) is 0 Å². The van der Waals surface area contributed by atoms with E-state index in [-0.39, 0.29) is 11.1 Å². The second kappa shape index (κ2) is 5.96. The average Bonchev–Trinajstić information content (AvgIpc) is 2.95. The summed E-state index contributed by atoms with van der Waals surface area (Å²) in [4.78, 5) is 23.7. The summed E-state index contributed by atoms with van der Waals surface area (Å²) in [5.41, 5.74) is 1.57. The number of pyridine rings is 1. The van der Waals surface area contributed by atoms with Crippen molar-refractivity contribution in [2.24, 2.45) is 0 Å². The number of carbonyl (C=O) groups is 1. The fraction of sp³-hybridized carbons (Fsp3) is 0.188. The van der Waals surface area contributed by atoms with Crippen LogP contribution in [-0.2, 0) is 11.3 Å². The lowest BCUT2D eigenvalue weighted by Gasteiger charge is -2.12. The van der Waals surface area contributed by atoms with E-state index < -0.39 is 5.97 Å². The Bertz CT molecular complexity index is 864. The fourth-order valence-electron chi connectivity index (χ4n) is 2.38. The van der Waals surface area contributed by atoms with Gasteiger partial charge in [0.2, 0.25) is 0 Å². The van der Waals surface area contributed by atoms with Gasteiger partial charge in [0.15, 0.2) is 0 Å². The lowest BCUT2D eigenvalue weighted by Crippen LogP contribution is -2.12. The smallest absolute Gasteiger partial charge is 0.341 e. The fourth-order valence-corrected chi connectivity index (χ4v) is 2.38. The van der Waals surface area contributed by atoms with Gasteiger partial charge in [-0.2, -0.15) is 5.10 Å². The van der Waals surface area contributed by atoms with Gasteiger partial charge in [-0.3, -0.25) is 4.79 Å². The topological polar surface area (TPSA) is 86.2 Å². The van der Waals surface area contributed by atoms with Crippen LogP contribution in [-0.4, -0.2) is 35.0 Å². The Morgan fingerprint density at radius 1 is 1.22 bits per heavy atom. The highest BCUT2D eigenvalue weighted by molar-refractivity contribution is 5.95. The van der Waals surface area contributed by atoms with E-state index in [1.165, 1.54) is 7.11 Å². The highest BCUT2D eigenvalue weighted by Gasteiger charge is 2.21. The Kier molecular flexibility index (Phi) is 3.84. The molecule has 2 heterocycles. The first-order chi connectivity index (χ1) is 11.1. The van der Waals surface area contributed by atoms with Crippen LogP contribution < -0.4 is 10.3 Å². The lowest BCUT2D eigenvalue weighted by atomic mass is 10.1.